The van der Waals surface area contributed by atoms with Gasteiger partial charge in [-0.2, -0.15) is 0 Å². The number of methoxy groups -OCH3 is 2. The Kier molecular flexibility index (Phi) is 4.83. The zero-order valence-corrected chi connectivity index (χ0v) is 11.3. The van der Waals surface area contributed by atoms with Gasteiger partial charge in [-0.25, -0.2) is 0 Å². The molecule has 88 valence electrons. The van der Waals surface area contributed by atoms with E-state index in [0.29, 0.717) is 18.0 Å². The van der Waals surface area contributed by atoms with E-state index < -0.39 is 0 Å². The smallest absolute Gasteiger partial charge is 0.161 e. The van der Waals surface area contributed by atoms with Crippen molar-refractivity contribution in [1.29, 1.82) is 0 Å². The molecule has 0 aliphatic carbocycles. The summed E-state index contributed by atoms with van der Waals surface area (Å²) in [5.41, 5.74) is 7.69. The van der Waals surface area contributed by atoms with E-state index in [9.17, 15) is 0 Å². The number of nitrogens with two attached hydrogens (primary N) is 1. The molecule has 0 saturated heterocycles. The summed E-state index contributed by atoms with van der Waals surface area (Å²) < 4.78 is 11.4. The van der Waals surface area contributed by atoms with Crippen LogP contribution in [0.3, 0.4) is 0 Å². The molecule has 0 saturated carbocycles. The molecular weight excluding hydrogens is 270 g/mol. The molecule has 0 fully saturated rings. The summed E-state index contributed by atoms with van der Waals surface area (Å²) in [4.78, 5) is 0. The first kappa shape index (κ1) is 13.1. The van der Waals surface area contributed by atoms with Crippen LogP contribution < -0.4 is 15.2 Å². The quantitative estimate of drug-likeness (QED) is 0.925. The Hall–Kier alpha value is -1.00. The Bertz CT molecular complexity index is 402. The molecule has 0 aromatic heterocycles. The van der Waals surface area contributed by atoms with Crippen LogP contribution >= 0.6 is 15.9 Å². The lowest BCUT2D eigenvalue weighted by molar-refractivity contribution is 0.354. The number of hydrogen-bond donors (Lipinski definition) is 1. The van der Waals surface area contributed by atoms with E-state index in [4.69, 9.17) is 15.2 Å². The molecule has 1 aromatic carbocycles. The van der Waals surface area contributed by atoms with Gasteiger partial charge in [0.15, 0.2) is 11.5 Å². The van der Waals surface area contributed by atoms with Crippen LogP contribution in [0.25, 0.3) is 6.08 Å². The maximum atomic E-state index is 5.56. The van der Waals surface area contributed by atoms with E-state index in [-0.39, 0.29) is 0 Å². The number of hydrogen-bond acceptors (Lipinski definition) is 3. The molecule has 1 rings (SSSR count). The summed E-state index contributed by atoms with van der Waals surface area (Å²) in [6.07, 6.45) is 2.02. The van der Waals surface area contributed by atoms with Gasteiger partial charge < -0.3 is 15.2 Å². The van der Waals surface area contributed by atoms with Gasteiger partial charge in [0.2, 0.25) is 0 Å². The summed E-state index contributed by atoms with van der Waals surface area (Å²) in [6, 6.07) is 3.80. The SMILES string of the molecule is COc1cc(Br)c(C=C(C)CN)cc1OC. The highest BCUT2D eigenvalue weighted by atomic mass is 79.9. The fourth-order valence-corrected chi connectivity index (χ4v) is 1.74. The molecule has 0 bridgehead atoms. The lowest BCUT2D eigenvalue weighted by Gasteiger charge is -2.10. The first-order valence-electron chi connectivity index (χ1n) is 4.91. The molecule has 0 atom stereocenters. The van der Waals surface area contributed by atoms with Crippen molar-refractivity contribution in [3.05, 3.63) is 27.7 Å². The minimum absolute atomic E-state index is 0.542. The first-order chi connectivity index (χ1) is 7.62. The molecular formula is C12H16BrNO2. The third-order valence-corrected chi connectivity index (χ3v) is 2.91. The maximum absolute atomic E-state index is 5.56. The minimum atomic E-state index is 0.542. The Morgan fingerprint density at radius 1 is 1.31 bits per heavy atom. The monoisotopic (exact) mass is 285 g/mol. The van der Waals surface area contributed by atoms with Gasteiger partial charge in [-0.3, -0.25) is 0 Å². The van der Waals surface area contributed by atoms with Gasteiger partial charge in [-0.1, -0.05) is 27.6 Å². The van der Waals surface area contributed by atoms with Crippen LogP contribution in [0.5, 0.6) is 11.5 Å². The van der Waals surface area contributed by atoms with Crippen LogP contribution in [-0.4, -0.2) is 20.8 Å². The van der Waals surface area contributed by atoms with Crippen molar-refractivity contribution in [2.75, 3.05) is 20.8 Å². The molecule has 1 aromatic rings. The number of benzene rings is 1. The van der Waals surface area contributed by atoms with Crippen molar-refractivity contribution in [2.45, 2.75) is 6.92 Å². The van der Waals surface area contributed by atoms with Crippen LogP contribution in [0.2, 0.25) is 0 Å². The Balaban J connectivity index is 3.21. The zero-order chi connectivity index (χ0) is 12.1. The molecule has 2 N–H and O–H groups in total. The Labute approximate surface area is 104 Å². The van der Waals surface area contributed by atoms with E-state index >= 15 is 0 Å². The molecule has 0 heterocycles. The number of halogens is 1. The molecule has 0 spiro atoms. The van der Waals surface area contributed by atoms with Crippen LogP contribution in [0, 0.1) is 0 Å². The minimum Gasteiger partial charge on any atom is -0.493 e. The van der Waals surface area contributed by atoms with Crippen LogP contribution in [0.4, 0.5) is 0 Å². The van der Waals surface area contributed by atoms with E-state index in [1.165, 1.54) is 0 Å². The number of rotatable bonds is 4. The standard InChI is InChI=1S/C12H16BrNO2/c1-8(7-14)4-9-5-11(15-2)12(16-3)6-10(9)13/h4-6H,7,14H2,1-3H3. The van der Waals surface area contributed by atoms with Gasteiger partial charge in [0.1, 0.15) is 0 Å². The van der Waals surface area contributed by atoms with Crippen molar-refractivity contribution in [3.8, 4) is 11.5 Å². The van der Waals surface area contributed by atoms with Crippen molar-refractivity contribution in [1.82, 2.24) is 0 Å². The fourth-order valence-electron chi connectivity index (χ4n) is 1.30. The highest BCUT2D eigenvalue weighted by Crippen LogP contribution is 2.34. The third kappa shape index (κ3) is 3.00. The molecule has 0 amide bonds. The van der Waals surface area contributed by atoms with Crippen LogP contribution in [-0.2, 0) is 0 Å². The molecule has 0 aliphatic rings. The molecule has 4 heteroatoms. The lowest BCUT2D eigenvalue weighted by Crippen LogP contribution is -1.99. The highest BCUT2D eigenvalue weighted by molar-refractivity contribution is 9.10. The Morgan fingerprint density at radius 3 is 2.38 bits per heavy atom. The van der Waals surface area contributed by atoms with Gasteiger partial charge in [0.25, 0.3) is 0 Å². The van der Waals surface area contributed by atoms with Gasteiger partial charge in [-0.05, 0) is 24.6 Å². The third-order valence-electron chi connectivity index (χ3n) is 2.23. The summed E-state index contributed by atoms with van der Waals surface area (Å²) in [5, 5.41) is 0. The average molecular weight is 286 g/mol. The molecule has 0 aliphatic heterocycles. The normalized spacial score (nSPS) is 11.4. The molecule has 3 nitrogen and oxygen atoms in total. The van der Waals surface area contributed by atoms with E-state index in [1.54, 1.807) is 14.2 Å². The van der Waals surface area contributed by atoms with Crippen LogP contribution in [0.15, 0.2) is 22.2 Å². The second-order valence-electron chi connectivity index (χ2n) is 3.42. The average Bonchev–Trinajstić information content (AvgIpc) is 2.30. The van der Waals surface area contributed by atoms with Gasteiger partial charge in [-0.15, -0.1) is 0 Å². The predicted molar refractivity (Wildman–Crippen MR) is 70.0 cm³/mol. The van der Waals surface area contributed by atoms with Crippen LogP contribution in [0.1, 0.15) is 12.5 Å². The topological polar surface area (TPSA) is 44.5 Å². The van der Waals surface area contributed by atoms with Crippen molar-refractivity contribution < 1.29 is 9.47 Å². The first-order valence-corrected chi connectivity index (χ1v) is 5.70. The fraction of sp³-hybridized carbons (Fsp3) is 0.333. The molecule has 16 heavy (non-hydrogen) atoms. The summed E-state index contributed by atoms with van der Waals surface area (Å²) in [6.45, 7) is 2.53. The molecule has 0 radical (unpaired) electrons. The van der Waals surface area contributed by atoms with Gasteiger partial charge in [0.05, 0.1) is 14.2 Å². The highest BCUT2D eigenvalue weighted by Gasteiger charge is 2.07. The van der Waals surface area contributed by atoms with Crippen molar-refractivity contribution in [3.63, 3.8) is 0 Å². The number of ether oxygens (including phenoxy) is 2. The maximum Gasteiger partial charge on any atom is 0.161 e. The zero-order valence-electron chi connectivity index (χ0n) is 9.71. The molecule has 0 unspecified atom stereocenters. The second-order valence-corrected chi connectivity index (χ2v) is 4.28. The van der Waals surface area contributed by atoms with Crippen molar-refractivity contribution >= 4 is 22.0 Å². The van der Waals surface area contributed by atoms with E-state index in [2.05, 4.69) is 15.9 Å². The summed E-state index contributed by atoms with van der Waals surface area (Å²) >= 11 is 3.49. The second kappa shape index (κ2) is 5.92. The van der Waals surface area contributed by atoms with Crippen molar-refractivity contribution in [2.24, 2.45) is 5.73 Å². The lowest BCUT2D eigenvalue weighted by atomic mass is 10.1. The largest absolute Gasteiger partial charge is 0.493 e. The van der Waals surface area contributed by atoms with Gasteiger partial charge >= 0.3 is 0 Å². The van der Waals surface area contributed by atoms with E-state index in [0.717, 1.165) is 15.6 Å². The summed E-state index contributed by atoms with van der Waals surface area (Å²) in [7, 11) is 3.24. The van der Waals surface area contributed by atoms with E-state index in [1.807, 2.05) is 25.1 Å². The Morgan fingerprint density at radius 2 is 1.88 bits per heavy atom. The predicted octanol–water partition coefficient (Wildman–Crippen LogP) is 2.83. The van der Waals surface area contributed by atoms with Gasteiger partial charge in [0, 0.05) is 11.0 Å². The summed E-state index contributed by atoms with van der Waals surface area (Å²) in [5.74, 6) is 1.42.